The zero-order chi connectivity index (χ0) is 18.7. The summed E-state index contributed by atoms with van der Waals surface area (Å²) >= 11 is 9.20. The van der Waals surface area contributed by atoms with Crippen LogP contribution in [0.15, 0.2) is 74.6 Å². The Morgan fingerprint density at radius 2 is 1.81 bits per heavy atom. The lowest BCUT2D eigenvalue weighted by molar-refractivity contribution is 0.0996. The molecule has 3 rings (SSSR count). The molecule has 0 fully saturated rings. The lowest BCUT2D eigenvalue weighted by Crippen LogP contribution is -2.17. The van der Waals surface area contributed by atoms with Crippen LogP contribution < -0.4 is 10.0 Å². The minimum Gasteiger partial charge on any atom is -0.459 e. The first-order valence-electron chi connectivity index (χ1n) is 7.28. The van der Waals surface area contributed by atoms with E-state index in [2.05, 4.69) is 26.0 Å². The molecular formula is C17H12BrClN2O4S. The van der Waals surface area contributed by atoms with Crippen LogP contribution in [-0.4, -0.2) is 14.3 Å². The van der Waals surface area contributed by atoms with Crippen LogP contribution in [0.25, 0.3) is 0 Å². The Balaban J connectivity index is 1.93. The second kappa shape index (κ2) is 7.53. The van der Waals surface area contributed by atoms with E-state index >= 15 is 0 Å². The van der Waals surface area contributed by atoms with Gasteiger partial charge in [-0.2, -0.15) is 0 Å². The summed E-state index contributed by atoms with van der Waals surface area (Å²) in [6, 6.07) is 13.9. The first-order valence-corrected chi connectivity index (χ1v) is 9.94. The van der Waals surface area contributed by atoms with E-state index in [0.29, 0.717) is 9.50 Å². The highest BCUT2D eigenvalue weighted by atomic mass is 79.9. The van der Waals surface area contributed by atoms with Gasteiger partial charge in [0.1, 0.15) is 4.90 Å². The van der Waals surface area contributed by atoms with E-state index < -0.39 is 15.9 Å². The largest absolute Gasteiger partial charge is 0.459 e. The van der Waals surface area contributed by atoms with Crippen LogP contribution in [0.5, 0.6) is 0 Å². The van der Waals surface area contributed by atoms with Crippen LogP contribution in [-0.2, 0) is 10.0 Å². The summed E-state index contributed by atoms with van der Waals surface area (Å²) in [7, 11) is -3.88. The van der Waals surface area contributed by atoms with Gasteiger partial charge in [-0.1, -0.05) is 23.7 Å². The molecule has 6 nitrogen and oxygen atoms in total. The van der Waals surface area contributed by atoms with Crippen molar-refractivity contribution in [1.82, 2.24) is 0 Å². The number of furan rings is 1. The van der Waals surface area contributed by atoms with Gasteiger partial charge in [0.2, 0.25) is 0 Å². The van der Waals surface area contributed by atoms with Crippen LogP contribution in [0.4, 0.5) is 11.4 Å². The van der Waals surface area contributed by atoms with Gasteiger partial charge in [-0.25, -0.2) is 8.42 Å². The summed E-state index contributed by atoms with van der Waals surface area (Å²) in [6.45, 7) is 0. The molecule has 1 heterocycles. The van der Waals surface area contributed by atoms with Crippen molar-refractivity contribution in [1.29, 1.82) is 0 Å². The number of hydrogen-bond donors (Lipinski definition) is 2. The number of benzene rings is 2. The summed E-state index contributed by atoms with van der Waals surface area (Å²) < 4.78 is 33.3. The van der Waals surface area contributed by atoms with Gasteiger partial charge in [0.05, 0.1) is 17.6 Å². The number of amides is 1. The third kappa shape index (κ3) is 4.09. The molecule has 3 aromatic rings. The molecule has 0 atom stereocenters. The maximum Gasteiger partial charge on any atom is 0.291 e. The van der Waals surface area contributed by atoms with Gasteiger partial charge in [-0.15, -0.1) is 0 Å². The van der Waals surface area contributed by atoms with Gasteiger partial charge in [0.25, 0.3) is 15.9 Å². The second-order valence-electron chi connectivity index (χ2n) is 5.16. The van der Waals surface area contributed by atoms with Crippen LogP contribution in [0.3, 0.4) is 0 Å². The molecule has 1 amide bonds. The fourth-order valence-electron chi connectivity index (χ4n) is 2.16. The number of halogens is 2. The normalized spacial score (nSPS) is 11.2. The van der Waals surface area contributed by atoms with Gasteiger partial charge in [0, 0.05) is 9.50 Å². The molecule has 0 aliphatic heterocycles. The summed E-state index contributed by atoms with van der Waals surface area (Å²) in [5.74, 6) is -0.441. The molecule has 26 heavy (non-hydrogen) atoms. The number of sulfonamides is 1. The van der Waals surface area contributed by atoms with Crippen molar-refractivity contribution in [2.75, 3.05) is 10.0 Å². The van der Waals surface area contributed by atoms with E-state index in [-0.39, 0.29) is 22.0 Å². The van der Waals surface area contributed by atoms with E-state index in [1.54, 1.807) is 24.3 Å². The highest BCUT2D eigenvalue weighted by Crippen LogP contribution is 2.30. The molecular weight excluding hydrogens is 444 g/mol. The Morgan fingerprint density at radius 3 is 2.50 bits per heavy atom. The Hall–Kier alpha value is -2.29. The van der Waals surface area contributed by atoms with Crippen LogP contribution in [0.1, 0.15) is 10.6 Å². The van der Waals surface area contributed by atoms with E-state index in [1.807, 2.05) is 0 Å². The van der Waals surface area contributed by atoms with Gasteiger partial charge < -0.3 is 9.73 Å². The number of rotatable bonds is 5. The number of hydrogen-bond acceptors (Lipinski definition) is 4. The van der Waals surface area contributed by atoms with E-state index in [4.69, 9.17) is 16.0 Å². The molecule has 0 unspecified atom stereocenters. The van der Waals surface area contributed by atoms with Crippen molar-refractivity contribution in [3.63, 3.8) is 0 Å². The maximum absolute atomic E-state index is 12.7. The topological polar surface area (TPSA) is 88.4 Å². The number of anilines is 2. The average molecular weight is 456 g/mol. The predicted molar refractivity (Wildman–Crippen MR) is 103 cm³/mol. The third-order valence-electron chi connectivity index (χ3n) is 3.35. The number of carbonyl (C=O) groups is 1. The molecule has 2 N–H and O–H groups in total. The van der Waals surface area contributed by atoms with Crippen molar-refractivity contribution < 1.29 is 17.6 Å². The SMILES string of the molecule is O=C(Nc1cc(Cl)ccc1NS(=O)(=O)c1ccccc1Br)c1ccco1. The molecule has 1 aromatic heterocycles. The molecule has 0 saturated carbocycles. The number of carbonyl (C=O) groups excluding carboxylic acids is 1. The predicted octanol–water partition coefficient (Wildman–Crippen LogP) is 4.75. The zero-order valence-corrected chi connectivity index (χ0v) is 16.2. The van der Waals surface area contributed by atoms with Gasteiger partial charge in [-0.05, 0) is 58.4 Å². The quantitative estimate of drug-likeness (QED) is 0.581. The minimum atomic E-state index is -3.88. The summed E-state index contributed by atoms with van der Waals surface area (Å²) in [6.07, 6.45) is 1.36. The number of nitrogens with one attached hydrogen (secondary N) is 2. The summed E-state index contributed by atoms with van der Waals surface area (Å²) in [5.41, 5.74) is 0.375. The van der Waals surface area contributed by atoms with E-state index in [1.165, 1.54) is 36.6 Å². The fraction of sp³-hybridized carbons (Fsp3) is 0. The first kappa shape index (κ1) is 18.5. The summed E-state index contributed by atoms with van der Waals surface area (Å²) in [4.78, 5) is 12.3. The van der Waals surface area contributed by atoms with Crippen molar-refractivity contribution in [3.05, 3.63) is 76.1 Å². The average Bonchev–Trinajstić information content (AvgIpc) is 3.12. The molecule has 0 spiro atoms. The lowest BCUT2D eigenvalue weighted by Gasteiger charge is -2.14. The molecule has 0 radical (unpaired) electrons. The first-order chi connectivity index (χ1) is 12.4. The minimum absolute atomic E-state index is 0.0678. The van der Waals surface area contributed by atoms with Gasteiger partial charge >= 0.3 is 0 Å². The van der Waals surface area contributed by atoms with Crippen molar-refractivity contribution in [3.8, 4) is 0 Å². The highest BCUT2D eigenvalue weighted by Gasteiger charge is 2.20. The molecule has 0 saturated heterocycles. The molecule has 9 heteroatoms. The zero-order valence-electron chi connectivity index (χ0n) is 13.1. The van der Waals surface area contributed by atoms with Crippen LogP contribution in [0.2, 0.25) is 5.02 Å². The highest BCUT2D eigenvalue weighted by molar-refractivity contribution is 9.10. The monoisotopic (exact) mass is 454 g/mol. The molecule has 0 bridgehead atoms. The van der Waals surface area contributed by atoms with Gasteiger partial charge in [0.15, 0.2) is 5.76 Å². The lowest BCUT2D eigenvalue weighted by atomic mass is 10.2. The van der Waals surface area contributed by atoms with Crippen molar-refractivity contribution in [2.45, 2.75) is 4.90 Å². The van der Waals surface area contributed by atoms with Crippen LogP contribution >= 0.6 is 27.5 Å². The Labute approximate surface area is 163 Å². The molecule has 2 aromatic carbocycles. The molecule has 134 valence electrons. The summed E-state index contributed by atoms with van der Waals surface area (Å²) in [5, 5.41) is 2.92. The van der Waals surface area contributed by atoms with Crippen molar-refractivity contribution in [2.24, 2.45) is 0 Å². The molecule has 0 aliphatic rings. The maximum atomic E-state index is 12.7. The Morgan fingerprint density at radius 1 is 1.04 bits per heavy atom. The van der Waals surface area contributed by atoms with Crippen LogP contribution in [0, 0.1) is 0 Å². The van der Waals surface area contributed by atoms with Gasteiger partial charge in [-0.3, -0.25) is 9.52 Å². The van der Waals surface area contributed by atoms with E-state index in [0.717, 1.165) is 0 Å². The standard InChI is InChI=1S/C17H12BrClN2O4S/c18-12-4-1-2-6-16(12)26(23,24)21-13-8-7-11(19)10-14(13)20-17(22)15-5-3-9-25-15/h1-10,21H,(H,20,22). The van der Waals surface area contributed by atoms with E-state index in [9.17, 15) is 13.2 Å². The van der Waals surface area contributed by atoms with Crippen molar-refractivity contribution >= 4 is 54.8 Å². The second-order valence-corrected chi connectivity index (χ2v) is 8.10. The molecule has 0 aliphatic carbocycles. The smallest absolute Gasteiger partial charge is 0.291 e. The Kier molecular flexibility index (Phi) is 5.36. The third-order valence-corrected chi connectivity index (χ3v) is 5.96. The Bertz CT molecular complexity index is 1050. The fourth-order valence-corrected chi connectivity index (χ4v) is 4.42.